The van der Waals surface area contributed by atoms with E-state index in [2.05, 4.69) is 9.98 Å². The van der Waals surface area contributed by atoms with Gasteiger partial charge in [0.2, 0.25) is 0 Å². The predicted octanol–water partition coefficient (Wildman–Crippen LogP) is 1.42. The molecule has 0 saturated heterocycles. The van der Waals surface area contributed by atoms with Crippen LogP contribution in [0.1, 0.15) is 19.4 Å². The SMILES string of the molecule is CCOC(=O)[C@@H]1N=C(c2ccc(N)cc2)N=C1C. The minimum atomic E-state index is -0.613. The van der Waals surface area contributed by atoms with Gasteiger partial charge in [-0.2, -0.15) is 0 Å². The van der Waals surface area contributed by atoms with Crippen molar-refractivity contribution in [1.82, 2.24) is 0 Å². The number of esters is 1. The molecular formula is C13H15N3O2. The molecule has 5 nitrogen and oxygen atoms in total. The second kappa shape index (κ2) is 5.00. The van der Waals surface area contributed by atoms with Crippen LogP contribution in [0.4, 0.5) is 5.69 Å². The first kappa shape index (κ1) is 12.3. The molecule has 1 heterocycles. The molecule has 0 amide bonds. The summed E-state index contributed by atoms with van der Waals surface area (Å²) in [4.78, 5) is 20.2. The highest BCUT2D eigenvalue weighted by molar-refractivity contribution is 6.18. The lowest BCUT2D eigenvalue weighted by atomic mass is 10.2. The first-order valence-corrected chi connectivity index (χ1v) is 5.77. The number of anilines is 1. The summed E-state index contributed by atoms with van der Waals surface area (Å²) >= 11 is 0. The number of ether oxygens (including phenoxy) is 1. The van der Waals surface area contributed by atoms with Crippen molar-refractivity contribution in [2.24, 2.45) is 9.98 Å². The Labute approximate surface area is 105 Å². The van der Waals surface area contributed by atoms with Gasteiger partial charge in [0.15, 0.2) is 11.9 Å². The second-order valence-corrected chi connectivity index (χ2v) is 3.98. The number of aliphatic imine (C=N–C) groups is 2. The van der Waals surface area contributed by atoms with Crippen LogP contribution in [0.3, 0.4) is 0 Å². The molecule has 94 valence electrons. The smallest absolute Gasteiger partial charge is 0.336 e. The number of amidine groups is 1. The molecule has 1 aromatic carbocycles. The summed E-state index contributed by atoms with van der Waals surface area (Å²) in [7, 11) is 0. The number of rotatable bonds is 3. The lowest BCUT2D eigenvalue weighted by Gasteiger charge is -2.05. The van der Waals surface area contributed by atoms with Crippen molar-refractivity contribution in [3.05, 3.63) is 29.8 Å². The molecule has 2 rings (SSSR count). The van der Waals surface area contributed by atoms with Crippen LogP contribution in [0.15, 0.2) is 34.3 Å². The molecule has 0 aromatic heterocycles. The number of nitrogens with two attached hydrogens (primary N) is 1. The number of carbonyl (C=O) groups is 1. The minimum Gasteiger partial charge on any atom is -0.464 e. The molecule has 1 atom stereocenters. The monoisotopic (exact) mass is 245 g/mol. The van der Waals surface area contributed by atoms with Gasteiger partial charge < -0.3 is 10.5 Å². The van der Waals surface area contributed by atoms with Crippen LogP contribution in [0.25, 0.3) is 0 Å². The maximum Gasteiger partial charge on any atom is 0.336 e. The Bertz CT molecular complexity index is 518. The first-order chi connectivity index (χ1) is 8.61. The van der Waals surface area contributed by atoms with Crippen molar-refractivity contribution < 1.29 is 9.53 Å². The summed E-state index contributed by atoms with van der Waals surface area (Å²) in [5, 5.41) is 0. The molecule has 1 aromatic rings. The van der Waals surface area contributed by atoms with E-state index in [1.165, 1.54) is 0 Å². The summed E-state index contributed by atoms with van der Waals surface area (Å²) in [6, 6.07) is 6.61. The van der Waals surface area contributed by atoms with E-state index in [4.69, 9.17) is 10.5 Å². The fourth-order valence-electron chi connectivity index (χ4n) is 1.69. The second-order valence-electron chi connectivity index (χ2n) is 3.98. The number of nitrogen functional groups attached to an aromatic ring is 1. The Morgan fingerprint density at radius 3 is 2.67 bits per heavy atom. The molecule has 0 unspecified atom stereocenters. The number of benzene rings is 1. The van der Waals surface area contributed by atoms with Gasteiger partial charge in [-0.05, 0) is 38.1 Å². The van der Waals surface area contributed by atoms with E-state index in [-0.39, 0.29) is 5.97 Å². The number of carbonyl (C=O) groups excluding carboxylic acids is 1. The van der Waals surface area contributed by atoms with Crippen molar-refractivity contribution >= 4 is 23.2 Å². The Balaban J connectivity index is 2.24. The van der Waals surface area contributed by atoms with E-state index >= 15 is 0 Å². The van der Waals surface area contributed by atoms with E-state index < -0.39 is 6.04 Å². The molecule has 0 bridgehead atoms. The van der Waals surface area contributed by atoms with Crippen LogP contribution in [-0.4, -0.2) is 30.2 Å². The fraction of sp³-hybridized carbons (Fsp3) is 0.308. The van der Waals surface area contributed by atoms with Crippen molar-refractivity contribution in [3.8, 4) is 0 Å². The highest BCUT2D eigenvalue weighted by Crippen LogP contribution is 2.15. The third-order valence-electron chi connectivity index (χ3n) is 2.61. The van der Waals surface area contributed by atoms with E-state index in [0.29, 0.717) is 23.8 Å². The molecule has 5 heteroatoms. The first-order valence-electron chi connectivity index (χ1n) is 5.77. The van der Waals surface area contributed by atoms with Crippen LogP contribution in [0.5, 0.6) is 0 Å². The topological polar surface area (TPSA) is 77.0 Å². The van der Waals surface area contributed by atoms with Gasteiger partial charge in [-0.3, -0.25) is 0 Å². The molecule has 1 aliphatic rings. The van der Waals surface area contributed by atoms with Crippen LogP contribution >= 0.6 is 0 Å². The molecule has 18 heavy (non-hydrogen) atoms. The number of hydrogen-bond donors (Lipinski definition) is 1. The van der Waals surface area contributed by atoms with E-state index in [9.17, 15) is 4.79 Å². The highest BCUT2D eigenvalue weighted by Gasteiger charge is 2.28. The molecule has 0 spiro atoms. The lowest BCUT2D eigenvalue weighted by Crippen LogP contribution is -2.26. The van der Waals surface area contributed by atoms with Gasteiger partial charge in [-0.1, -0.05) is 0 Å². The van der Waals surface area contributed by atoms with Crippen molar-refractivity contribution in [2.45, 2.75) is 19.9 Å². The standard InChI is InChI=1S/C13H15N3O2/c1-3-18-13(17)11-8(2)15-12(16-11)9-4-6-10(14)7-5-9/h4-7,11H,3,14H2,1-2H3/t11-/m1/s1. The van der Waals surface area contributed by atoms with E-state index in [0.717, 1.165) is 5.56 Å². The summed E-state index contributed by atoms with van der Waals surface area (Å²) in [5.41, 5.74) is 7.79. The van der Waals surface area contributed by atoms with Crippen molar-refractivity contribution in [1.29, 1.82) is 0 Å². The summed E-state index contributed by atoms with van der Waals surface area (Å²) in [6.07, 6.45) is 0. The average molecular weight is 245 g/mol. The van der Waals surface area contributed by atoms with Gasteiger partial charge in [-0.15, -0.1) is 0 Å². The zero-order valence-electron chi connectivity index (χ0n) is 10.4. The Kier molecular flexibility index (Phi) is 3.41. The summed E-state index contributed by atoms with van der Waals surface area (Å²) in [5.74, 6) is 0.190. The van der Waals surface area contributed by atoms with Crippen molar-refractivity contribution in [3.63, 3.8) is 0 Å². The summed E-state index contributed by atoms with van der Waals surface area (Å²) in [6.45, 7) is 3.88. The lowest BCUT2D eigenvalue weighted by molar-refractivity contribution is -0.142. The van der Waals surface area contributed by atoms with Gasteiger partial charge in [0.05, 0.1) is 12.3 Å². The Morgan fingerprint density at radius 2 is 2.06 bits per heavy atom. The van der Waals surface area contributed by atoms with Gasteiger partial charge in [0.25, 0.3) is 0 Å². The van der Waals surface area contributed by atoms with Crippen LogP contribution in [0, 0.1) is 0 Å². The zero-order valence-corrected chi connectivity index (χ0v) is 10.4. The number of hydrogen-bond acceptors (Lipinski definition) is 5. The van der Waals surface area contributed by atoms with Gasteiger partial charge in [-0.25, -0.2) is 14.8 Å². The third kappa shape index (κ3) is 2.40. The fourth-order valence-corrected chi connectivity index (χ4v) is 1.69. The predicted molar refractivity (Wildman–Crippen MR) is 70.9 cm³/mol. The highest BCUT2D eigenvalue weighted by atomic mass is 16.5. The maximum atomic E-state index is 11.7. The summed E-state index contributed by atoms with van der Waals surface area (Å²) < 4.78 is 4.95. The quantitative estimate of drug-likeness (QED) is 0.646. The Morgan fingerprint density at radius 1 is 1.39 bits per heavy atom. The molecular weight excluding hydrogens is 230 g/mol. The Hall–Kier alpha value is -2.17. The zero-order chi connectivity index (χ0) is 13.1. The molecule has 0 fully saturated rings. The van der Waals surface area contributed by atoms with Crippen LogP contribution in [-0.2, 0) is 9.53 Å². The molecule has 2 N–H and O–H groups in total. The molecule has 0 radical (unpaired) electrons. The minimum absolute atomic E-state index is 0.343. The number of nitrogens with zero attached hydrogens (tertiary/aromatic N) is 2. The average Bonchev–Trinajstić information content (AvgIpc) is 2.72. The van der Waals surface area contributed by atoms with E-state index in [1.54, 1.807) is 26.0 Å². The molecule has 1 aliphatic heterocycles. The third-order valence-corrected chi connectivity index (χ3v) is 2.61. The van der Waals surface area contributed by atoms with Gasteiger partial charge in [0, 0.05) is 11.3 Å². The van der Waals surface area contributed by atoms with Gasteiger partial charge in [0.1, 0.15) is 0 Å². The van der Waals surface area contributed by atoms with E-state index in [1.807, 2.05) is 12.1 Å². The van der Waals surface area contributed by atoms with Gasteiger partial charge >= 0.3 is 5.97 Å². The van der Waals surface area contributed by atoms with Crippen LogP contribution < -0.4 is 5.73 Å². The molecule has 0 aliphatic carbocycles. The van der Waals surface area contributed by atoms with Crippen LogP contribution in [0.2, 0.25) is 0 Å². The normalized spacial score (nSPS) is 18.2. The van der Waals surface area contributed by atoms with Crippen molar-refractivity contribution in [2.75, 3.05) is 12.3 Å². The largest absolute Gasteiger partial charge is 0.464 e. The molecule has 0 saturated carbocycles. The maximum absolute atomic E-state index is 11.7.